The molecule has 12 heteroatoms. The number of hydrogen-bond donors (Lipinski definition) is 4. The quantitative estimate of drug-likeness (QED) is 0.256. The molecule has 1 aromatic carbocycles. The van der Waals surface area contributed by atoms with Crippen LogP contribution in [0.3, 0.4) is 0 Å². The molecule has 0 unspecified atom stereocenters. The smallest absolute Gasteiger partial charge is 0.322 e. The van der Waals surface area contributed by atoms with Crippen LogP contribution < -0.4 is 20.7 Å². The van der Waals surface area contributed by atoms with Gasteiger partial charge in [-0.2, -0.15) is 0 Å². The first-order chi connectivity index (χ1) is 16.9. The van der Waals surface area contributed by atoms with E-state index in [1.54, 1.807) is 26.0 Å². The highest BCUT2D eigenvalue weighted by Crippen LogP contribution is 2.20. The van der Waals surface area contributed by atoms with Gasteiger partial charge in [-0.05, 0) is 37.8 Å². The van der Waals surface area contributed by atoms with Gasteiger partial charge in [0.25, 0.3) is 5.91 Å². The van der Waals surface area contributed by atoms with Gasteiger partial charge in [0, 0.05) is 13.5 Å². The lowest BCUT2D eigenvalue weighted by atomic mass is 10.0. The van der Waals surface area contributed by atoms with Gasteiger partial charge in [-0.25, -0.2) is 0 Å². The van der Waals surface area contributed by atoms with Crippen molar-refractivity contribution in [1.82, 2.24) is 20.9 Å². The Morgan fingerprint density at radius 1 is 1.08 bits per heavy atom. The van der Waals surface area contributed by atoms with Gasteiger partial charge in [-0.3, -0.25) is 28.8 Å². The predicted molar refractivity (Wildman–Crippen MR) is 127 cm³/mol. The highest BCUT2D eigenvalue weighted by atomic mass is 16.5. The highest BCUT2D eigenvalue weighted by Gasteiger charge is 2.37. The number of aliphatic carboxylic acids is 1. The second kappa shape index (κ2) is 12.7. The predicted octanol–water partition coefficient (Wildman–Crippen LogP) is 0.0628. The lowest BCUT2D eigenvalue weighted by Gasteiger charge is -2.28. The van der Waals surface area contributed by atoms with Crippen molar-refractivity contribution in [3.05, 3.63) is 29.8 Å². The van der Waals surface area contributed by atoms with Crippen molar-refractivity contribution in [2.45, 2.75) is 58.7 Å². The van der Waals surface area contributed by atoms with Crippen LogP contribution >= 0.6 is 0 Å². The van der Waals surface area contributed by atoms with E-state index in [2.05, 4.69) is 16.0 Å². The number of hydrogen-bond acceptors (Lipinski definition) is 7. The minimum atomic E-state index is -1.20. The Morgan fingerprint density at radius 3 is 2.36 bits per heavy atom. The third kappa shape index (κ3) is 7.52. The third-order valence-electron chi connectivity index (χ3n) is 5.60. The van der Waals surface area contributed by atoms with Gasteiger partial charge in [0.15, 0.2) is 0 Å². The molecule has 1 aromatic rings. The van der Waals surface area contributed by atoms with E-state index in [1.165, 1.54) is 30.9 Å². The first-order valence-electron chi connectivity index (χ1n) is 11.6. The third-order valence-corrected chi connectivity index (χ3v) is 5.60. The van der Waals surface area contributed by atoms with E-state index in [0.717, 1.165) is 0 Å². The summed E-state index contributed by atoms with van der Waals surface area (Å²) in [5.41, 5.74) is 0.0718. The summed E-state index contributed by atoms with van der Waals surface area (Å²) < 4.78 is 5.07. The van der Waals surface area contributed by atoms with E-state index >= 15 is 0 Å². The molecule has 36 heavy (non-hydrogen) atoms. The Labute approximate surface area is 208 Å². The summed E-state index contributed by atoms with van der Waals surface area (Å²) in [5.74, 6) is -4.39. The second-order valence-electron chi connectivity index (χ2n) is 8.82. The molecule has 0 radical (unpaired) electrons. The molecule has 0 aromatic heterocycles. The van der Waals surface area contributed by atoms with Crippen molar-refractivity contribution in [1.29, 1.82) is 0 Å². The minimum absolute atomic E-state index is 0.0511. The number of carboxylic acid groups (broad SMARTS) is 1. The summed E-state index contributed by atoms with van der Waals surface area (Å²) in [6, 6.07) is 3.27. The monoisotopic (exact) mass is 504 g/mol. The normalized spacial score (nSPS) is 16.6. The lowest BCUT2D eigenvalue weighted by Crippen LogP contribution is -2.56. The van der Waals surface area contributed by atoms with Crippen molar-refractivity contribution in [3.63, 3.8) is 0 Å². The van der Waals surface area contributed by atoms with Gasteiger partial charge in [0.2, 0.25) is 17.7 Å². The number of likely N-dealkylation sites (tertiary alicyclic amines) is 1. The Bertz CT molecular complexity index is 1030. The molecule has 1 saturated heterocycles. The van der Waals surface area contributed by atoms with Crippen LogP contribution in [0.4, 0.5) is 0 Å². The SMILES string of the molecule is CC(=O)Oc1ccccc1C(=O)N[C@H](C(=O)N[C@@H](C)C(=O)N1CCC[C@H]1C(=O)NCC(=O)O)C(C)C. The van der Waals surface area contributed by atoms with Crippen LogP contribution in [0, 0.1) is 5.92 Å². The highest BCUT2D eigenvalue weighted by molar-refractivity contribution is 6.01. The number of nitrogens with zero attached hydrogens (tertiary/aromatic N) is 1. The number of benzene rings is 1. The topological polar surface area (TPSA) is 171 Å². The fourth-order valence-corrected chi connectivity index (χ4v) is 3.85. The summed E-state index contributed by atoms with van der Waals surface area (Å²) >= 11 is 0. The fraction of sp³-hybridized carbons (Fsp3) is 0.500. The molecule has 1 heterocycles. The molecule has 4 N–H and O–H groups in total. The van der Waals surface area contributed by atoms with Crippen LogP contribution in [-0.2, 0) is 24.0 Å². The number of carbonyl (C=O) groups is 6. The standard InChI is InChI=1S/C24H32N4O8/c1-13(2)20(27-21(32)16-8-5-6-10-18(16)36-15(4)29)23(34)26-14(3)24(35)28-11-7-9-17(28)22(33)25-12-19(30)31/h5-6,8,10,13-14,17,20H,7,9,11-12H2,1-4H3,(H,25,33)(H,26,34)(H,27,32)(H,30,31)/t14-,17-,20-/m0/s1. The van der Waals surface area contributed by atoms with Crippen LogP contribution in [0.2, 0.25) is 0 Å². The molecule has 1 aliphatic heterocycles. The zero-order valence-electron chi connectivity index (χ0n) is 20.7. The number of ether oxygens (including phenoxy) is 1. The van der Waals surface area contributed by atoms with E-state index in [9.17, 15) is 28.8 Å². The van der Waals surface area contributed by atoms with Crippen LogP contribution in [-0.4, -0.2) is 76.8 Å². The van der Waals surface area contributed by atoms with E-state index in [0.29, 0.717) is 19.4 Å². The van der Waals surface area contributed by atoms with Crippen molar-refractivity contribution in [2.24, 2.45) is 5.92 Å². The molecule has 0 saturated carbocycles. The van der Waals surface area contributed by atoms with Gasteiger partial charge < -0.3 is 30.7 Å². The van der Waals surface area contributed by atoms with Crippen molar-refractivity contribution in [2.75, 3.05) is 13.1 Å². The molecular weight excluding hydrogens is 472 g/mol. The molecule has 2 rings (SSSR count). The van der Waals surface area contributed by atoms with Crippen LogP contribution in [0.5, 0.6) is 5.75 Å². The zero-order chi connectivity index (χ0) is 27.0. The number of nitrogens with one attached hydrogen (secondary N) is 3. The largest absolute Gasteiger partial charge is 0.480 e. The fourth-order valence-electron chi connectivity index (χ4n) is 3.85. The zero-order valence-corrected chi connectivity index (χ0v) is 20.7. The molecule has 196 valence electrons. The lowest BCUT2D eigenvalue weighted by molar-refractivity contribution is -0.142. The molecule has 12 nitrogen and oxygen atoms in total. The number of amides is 4. The average Bonchev–Trinajstić information content (AvgIpc) is 3.29. The molecule has 4 amide bonds. The van der Waals surface area contributed by atoms with Crippen molar-refractivity contribution in [3.8, 4) is 5.75 Å². The van der Waals surface area contributed by atoms with E-state index in [4.69, 9.17) is 9.84 Å². The second-order valence-corrected chi connectivity index (χ2v) is 8.82. The van der Waals surface area contributed by atoms with Gasteiger partial charge in [-0.15, -0.1) is 0 Å². The first-order valence-corrected chi connectivity index (χ1v) is 11.6. The Balaban J connectivity index is 2.07. The molecule has 3 atom stereocenters. The molecule has 0 bridgehead atoms. The van der Waals surface area contributed by atoms with Crippen molar-refractivity contribution >= 4 is 35.6 Å². The Kier molecular flexibility index (Phi) is 9.94. The summed E-state index contributed by atoms with van der Waals surface area (Å²) in [6.45, 7) is 5.86. The first kappa shape index (κ1) is 28.3. The van der Waals surface area contributed by atoms with Gasteiger partial charge in [-0.1, -0.05) is 26.0 Å². The van der Waals surface area contributed by atoms with Crippen LogP contribution in [0.1, 0.15) is 50.9 Å². The van der Waals surface area contributed by atoms with Gasteiger partial charge in [0.05, 0.1) is 5.56 Å². The van der Waals surface area contributed by atoms with Gasteiger partial charge in [0.1, 0.15) is 30.4 Å². The molecule has 1 fully saturated rings. The molecule has 0 spiro atoms. The molecule has 0 aliphatic carbocycles. The maximum Gasteiger partial charge on any atom is 0.322 e. The molecular formula is C24H32N4O8. The Hall–Kier alpha value is -3.96. The maximum absolute atomic E-state index is 13.0. The number of carboxylic acids is 1. The number of carbonyl (C=O) groups excluding carboxylic acids is 5. The van der Waals surface area contributed by atoms with Crippen molar-refractivity contribution < 1.29 is 38.6 Å². The summed E-state index contributed by atoms with van der Waals surface area (Å²) in [7, 11) is 0. The maximum atomic E-state index is 13.0. The van der Waals surface area contributed by atoms with E-state index in [1.807, 2.05) is 0 Å². The van der Waals surface area contributed by atoms with E-state index < -0.39 is 60.2 Å². The number of rotatable bonds is 10. The average molecular weight is 505 g/mol. The number of esters is 1. The minimum Gasteiger partial charge on any atom is -0.480 e. The van der Waals surface area contributed by atoms with Crippen LogP contribution in [0.25, 0.3) is 0 Å². The summed E-state index contributed by atoms with van der Waals surface area (Å²) in [5, 5.41) is 16.3. The molecule has 1 aliphatic rings. The van der Waals surface area contributed by atoms with E-state index in [-0.39, 0.29) is 17.2 Å². The number of para-hydroxylation sites is 1. The summed E-state index contributed by atoms with van der Waals surface area (Å²) in [4.78, 5) is 74.6. The van der Waals surface area contributed by atoms with Crippen LogP contribution in [0.15, 0.2) is 24.3 Å². The Morgan fingerprint density at radius 2 is 1.75 bits per heavy atom. The summed E-state index contributed by atoms with van der Waals surface area (Å²) in [6.07, 6.45) is 0.939. The van der Waals surface area contributed by atoms with Gasteiger partial charge >= 0.3 is 11.9 Å².